The molecule has 0 aliphatic carbocycles. The van der Waals surface area contributed by atoms with Crippen molar-refractivity contribution in [3.8, 4) is 0 Å². The Morgan fingerprint density at radius 3 is 2.79 bits per heavy atom. The summed E-state index contributed by atoms with van der Waals surface area (Å²) >= 11 is 0. The molecule has 0 spiro atoms. The first-order chi connectivity index (χ1) is 6.70. The Balaban J connectivity index is 2.44. The summed E-state index contributed by atoms with van der Waals surface area (Å²) in [5, 5.41) is 3.90. The van der Waals surface area contributed by atoms with Crippen molar-refractivity contribution in [2.24, 2.45) is 7.05 Å². The lowest BCUT2D eigenvalue weighted by molar-refractivity contribution is 0.0953. The Hall–Kier alpha value is -2.11. The van der Waals surface area contributed by atoms with Crippen molar-refractivity contribution in [2.75, 3.05) is 5.73 Å². The van der Waals surface area contributed by atoms with Gasteiger partial charge in [-0.1, -0.05) is 0 Å². The number of anilines is 1. The van der Waals surface area contributed by atoms with Crippen LogP contribution in [0.25, 0.3) is 0 Å². The molecule has 0 atom stereocenters. The zero-order chi connectivity index (χ0) is 10.1. The van der Waals surface area contributed by atoms with Crippen LogP contribution in [0.1, 0.15) is 10.5 Å². The maximum Gasteiger partial charge on any atom is 0.282 e. The van der Waals surface area contributed by atoms with Gasteiger partial charge in [-0.15, -0.1) is 0 Å². The van der Waals surface area contributed by atoms with Crippen LogP contribution in [0.3, 0.4) is 0 Å². The van der Waals surface area contributed by atoms with Gasteiger partial charge < -0.3 is 5.73 Å². The summed E-state index contributed by atoms with van der Waals surface area (Å²) in [6.07, 6.45) is 4.55. The van der Waals surface area contributed by atoms with Crippen molar-refractivity contribution in [1.29, 1.82) is 0 Å². The quantitative estimate of drug-likeness (QED) is 0.682. The third-order valence-corrected chi connectivity index (χ3v) is 1.93. The van der Waals surface area contributed by atoms with E-state index in [1.807, 2.05) is 0 Å². The van der Waals surface area contributed by atoms with Gasteiger partial charge in [-0.2, -0.15) is 5.10 Å². The molecule has 0 aromatic carbocycles. The summed E-state index contributed by atoms with van der Waals surface area (Å²) in [4.78, 5) is 15.6. The van der Waals surface area contributed by atoms with Gasteiger partial charge in [-0.05, 0) is 6.07 Å². The number of nitrogen functional groups attached to an aromatic ring is 1. The van der Waals surface area contributed by atoms with Gasteiger partial charge in [0.15, 0.2) is 0 Å². The summed E-state index contributed by atoms with van der Waals surface area (Å²) in [5.41, 5.74) is 5.97. The topological polar surface area (TPSA) is 78.7 Å². The molecule has 2 aromatic rings. The first-order valence-electron chi connectivity index (χ1n) is 4.01. The van der Waals surface area contributed by atoms with E-state index in [1.54, 1.807) is 19.3 Å². The van der Waals surface area contributed by atoms with Gasteiger partial charge in [0.2, 0.25) is 5.95 Å². The third kappa shape index (κ3) is 1.17. The number of nitrogens with zero attached hydrogens (tertiary/aromatic N) is 4. The second kappa shape index (κ2) is 2.99. The Bertz CT molecular complexity index is 427. The highest BCUT2D eigenvalue weighted by Crippen LogP contribution is 2.05. The molecule has 2 N–H and O–H groups in total. The minimum Gasteiger partial charge on any atom is -0.369 e. The fourth-order valence-corrected chi connectivity index (χ4v) is 1.19. The van der Waals surface area contributed by atoms with Crippen LogP contribution in [0.4, 0.5) is 5.95 Å². The fraction of sp³-hybridized carbons (Fsp3) is 0.125. The molecule has 2 rings (SSSR count). The molecule has 0 aliphatic heterocycles. The van der Waals surface area contributed by atoms with E-state index in [0.29, 0.717) is 5.69 Å². The van der Waals surface area contributed by atoms with Crippen LogP contribution in [0.5, 0.6) is 0 Å². The summed E-state index contributed by atoms with van der Waals surface area (Å²) < 4.78 is 2.76. The molecule has 6 heteroatoms. The van der Waals surface area contributed by atoms with Gasteiger partial charge in [0, 0.05) is 25.6 Å². The molecule has 0 unspecified atom stereocenters. The maximum atomic E-state index is 11.8. The molecular formula is C8H9N5O. The predicted octanol–water partition coefficient (Wildman–Crippen LogP) is -0.113. The molecule has 14 heavy (non-hydrogen) atoms. The Morgan fingerprint density at radius 2 is 2.29 bits per heavy atom. The molecular weight excluding hydrogens is 182 g/mol. The molecule has 6 nitrogen and oxygen atoms in total. The molecule has 0 amide bonds. The molecule has 0 saturated carbocycles. The Morgan fingerprint density at radius 1 is 1.50 bits per heavy atom. The average molecular weight is 191 g/mol. The number of hydrogen-bond acceptors (Lipinski definition) is 4. The van der Waals surface area contributed by atoms with Crippen LogP contribution in [0.2, 0.25) is 0 Å². The normalized spacial score (nSPS) is 10.4. The Labute approximate surface area is 80.0 Å². The standard InChI is InChI=1S/C8H9N5O/c1-12-6(2-3-11-12)7(14)13-5-4-10-8(13)9/h2-5H,1H3,(H2,9,10). The molecule has 0 radical (unpaired) electrons. The third-order valence-electron chi connectivity index (χ3n) is 1.93. The molecule has 0 fully saturated rings. The van der Waals surface area contributed by atoms with E-state index >= 15 is 0 Å². The van der Waals surface area contributed by atoms with Crippen molar-refractivity contribution in [3.63, 3.8) is 0 Å². The average Bonchev–Trinajstić information content (AvgIpc) is 2.73. The minimum atomic E-state index is -0.236. The molecule has 0 aliphatic rings. The van der Waals surface area contributed by atoms with Crippen LogP contribution in [0.15, 0.2) is 24.7 Å². The second-order valence-corrected chi connectivity index (χ2v) is 2.80. The number of hydrogen-bond donors (Lipinski definition) is 1. The van der Waals surface area contributed by atoms with Crippen molar-refractivity contribution >= 4 is 11.9 Å². The number of nitrogens with two attached hydrogens (primary N) is 1. The molecule has 0 bridgehead atoms. The van der Waals surface area contributed by atoms with Crippen LogP contribution in [0, 0.1) is 0 Å². The summed E-state index contributed by atoms with van der Waals surface area (Å²) in [7, 11) is 1.69. The zero-order valence-electron chi connectivity index (χ0n) is 7.58. The van der Waals surface area contributed by atoms with E-state index in [9.17, 15) is 4.79 Å². The van der Waals surface area contributed by atoms with Gasteiger partial charge in [0.1, 0.15) is 5.69 Å². The summed E-state index contributed by atoms with van der Waals surface area (Å²) in [6.45, 7) is 0. The summed E-state index contributed by atoms with van der Waals surface area (Å²) in [5.74, 6) is -0.0591. The highest BCUT2D eigenvalue weighted by atomic mass is 16.2. The van der Waals surface area contributed by atoms with E-state index in [0.717, 1.165) is 0 Å². The lowest BCUT2D eigenvalue weighted by Crippen LogP contribution is -2.17. The number of rotatable bonds is 1. The van der Waals surface area contributed by atoms with Crippen LogP contribution < -0.4 is 5.73 Å². The highest BCUT2D eigenvalue weighted by Gasteiger charge is 2.13. The first kappa shape index (κ1) is 8.49. The number of carbonyl (C=O) groups is 1. The van der Waals surface area contributed by atoms with Gasteiger partial charge >= 0.3 is 0 Å². The summed E-state index contributed by atoms with van der Waals surface area (Å²) in [6, 6.07) is 1.63. The smallest absolute Gasteiger partial charge is 0.282 e. The SMILES string of the molecule is Cn1nccc1C(=O)n1ccnc1N. The van der Waals surface area contributed by atoms with Crippen molar-refractivity contribution in [3.05, 3.63) is 30.4 Å². The second-order valence-electron chi connectivity index (χ2n) is 2.80. The lowest BCUT2D eigenvalue weighted by atomic mass is 10.4. The van der Waals surface area contributed by atoms with Gasteiger partial charge in [-0.3, -0.25) is 14.0 Å². The largest absolute Gasteiger partial charge is 0.369 e. The fourth-order valence-electron chi connectivity index (χ4n) is 1.19. The molecule has 2 aromatic heterocycles. The first-order valence-corrected chi connectivity index (χ1v) is 4.01. The van der Waals surface area contributed by atoms with Gasteiger partial charge in [0.25, 0.3) is 5.91 Å². The van der Waals surface area contributed by atoms with Crippen molar-refractivity contribution in [2.45, 2.75) is 0 Å². The monoisotopic (exact) mass is 191 g/mol. The highest BCUT2D eigenvalue weighted by molar-refractivity contribution is 5.95. The Kier molecular flexibility index (Phi) is 1.81. The number of aromatic nitrogens is 4. The predicted molar refractivity (Wildman–Crippen MR) is 49.6 cm³/mol. The number of aryl methyl sites for hydroxylation is 1. The zero-order valence-corrected chi connectivity index (χ0v) is 7.58. The van der Waals surface area contributed by atoms with Gasteiger partial charge in [-0.25, -0.2) is 4.98 Å². The van der Waals surface area contributed by atoms with Crippen LogP contribution in [-0.2, 0) is 7.05 Å². The van der Waals surface area contributed by atoms with E-state index in [-0.39, 0.29) is 11.9 Å². The van der Waals surface area contributed by atoms with Gasteiger partial charge in [0.05, 0.1) is 0 Å². The van der Waals surface area contributed by atoms with Crippen LogP contribution >= 0.6 is 0 Å². The van der Waals surface area contributed by atoms with E-state index in [1.165, 1.54) is 21.6 Å². The molecule has 2 heterocycles. The van der Waals surface area contributed by atoms with Crippen molar-refractivity contribution in [1.82, 2.24) is 19.3 Å². The minimum absolute atomic E-state index is 0.177. The lowest BCUT2D eigenvalue weighted by Gasteiger charge is -2.02. The maximum absolute atomic E-state index is 11.8. The van der Waals surface area contributed by atoms with E-state index < -0.39 is 0 Å². The number of carbonyl (C=O) groups excluding carboxylic acids is 1. The van der Waals surface area contributed by atoms with Crippen molar-refractivity contribution < 1.29 is 4.79 Å². The van der Waals surface area contributed by atoms with Crippen LogP contribution in [-0.4, -0.2) is 25.2 Å². The molecule has 0 saturated heterocycles. The van der Waals surface area contributed by atoms with E-state index in [4.69, 9.17) is 5.73 Å². The molecule has 72 valence electrons. The van der Waals surface area contributed by atoms with E-state index in [2.05, 4.69) is 10.1 Å². The number of imidazole rings is 1.